The molecule has 0 bridgehead atoms. The Kier molecular flexibility index (Phi) is 3.99. The van der Waals surface area contributed by atoms with Crippen molar-refractivity contribution in [3.8, 4) is 0 Å². The number of aryl methyl sites for hydroxylation is 1. The van der Waals surface area contributed by atoms with Gasteiger partial charge in [0.1, 0.15) is 0 Å². The first kappa shape index (κ1) is 11.9. The first-order valence-corrected chi connectivity index (χ1v) is 6.51. The topological polar surface area (TPSA) is 17.1 Å². The third kappa shape index (κ3) is 2.98. The van der Waals surface area contributed by atoms with E-state index < -0.39 is 0 Å². The van der Waals surface area contributed by atoms with Crippen molar-refractivity contribution in [3.63, 3.8) is 0 Å². The van der Waals surface area contributed by atoms with Crippen molar-refractivity contribution >= 4 is 18.0 Å². The summed E-state index contributed by atoms with van der Waals surface area (Å²) < 4.78 is 0. The molecule has 0 heterocycles. The van der Waals surface area contributed by atoms with Gasteiger partial charge in [-0.1, -0.05) is 48.5 Å². The van der Waals surface area contributed by atoms with E-state index in [1.165, 1.54) is 5.56 Å². The zero-order chi connectivity index (χ0) is 12.1. The zero-order valence-corrected chi connectivity index (χ0v) is 10.5. The highest BCUT2D eigenvalue weighted by Crippen LogP contribution is 2.28. The Labute approximate surface area is 106 Å². The van der Waals surface area contributed by atoms with Gasteiger partial charge in [-0.05, 0) is 18.1 Å². The number of aldehydes is 1. The van der Waals surface area contributed by atoms with E-state index in [1.54, 1.807) is 11.8 Å². The Hall–Kier alpha value is -1.54. The normalized spacial score (nSPS) is 10.2. The summed E-state index contributed by atoms with van der Waals surface area (Å²) in [5.74, 6) is 0.895. The summed E-state index contributed by atoms with van der Waals surface area (Å²) in [6.07, 6.45) is 0.931. The molecule has 2 aromatic carbocycles. The second-order valence-corrected chi connectivity index (χ2v) is 4.87. The molecule has 0 aliphatic rings. The molecular weight excluding hydrogens is 228 g/mol. The smallest absolute Gasteiger partial charge is 0.151 e. The fourth-order valence-electron chi connectivity index (χ4n) is 1.69. The standard InChI is InChI=1S/C15H14OS/c1-12-6-5-9-14(10-16)15(12)17-11-13-7-3-2-4-8-13/h2-10H,11H2,1H3. The number of hydrogen-bond acceptors (Lipinski definition) is 2. The van der Waals surface area contributed by atoms with Gasteiger partial charge < -0.3 is 0 Å². The van der Waals surface area contributed by atoms with Gasteiger partial charge in [0.25, 0.3) is 0 Å². The second kappa shape index (κ2) is 5.69. The summed E-state index contributed by atoms with van der Waals surface area (Å²) in [7, 11) is 0. The molecule has 2 aromatic rings. The monoisotopic (exact) mass is 242 g/mol. The van der Waals surface area contributed by atoms with Crippen molar-refractivity contribution in [3.05, 3.63) is 65.2 Å². The van der Waals surface area contributed by atoms with Crippen LogP contribution in [0, 0.1) is 6.92 Å². The number of benzene rings is 2. The number of hydrogen-bond donors (Lipinski definition) is 0. The number of thioether (sulfide) groups is 1. The largest absolute Gasteiger partial charge is 0.298 e. The maximum Gasteiger partial charge on any atom is 0.151 e. The molecule has 0 aromatic heterocycles. The van der Waals surface area contributed by atoms with E-state index in [2.05, 4.69) is 12.1 Å². The first-order valence-electron chi connectivity index (χ1n) is 5.53. The van der Waals surface area contributed by atoms with E-state index in [1.807, 2.05) is 43.3 Å². The molecule has 0 fully saturated rings. The van der Waals surface area contributed by atoms with E-state index in [4.69, 9.17) is 0 Å². The average Bonchev–Trinajstić information content (AvgIpc) is 2.38. The first-order chi connectivity index (χ1) is 8.31. The lowest BCUT2D eigenvalue weighted by Crippen LogP contribution is -1.89. The van der Waals surface area contributed by atoms with Crippen LogP contribution in [0.2, 0.25) is 0 Å². The summed E-state index contributed by atoms with van der Waals surface area (Å²) in [4.78, 5) is 12.1. The van der Waals surface area contributed by atoms with Gasteiger partial charge in [0.2, 0.25) is 0 Å². The molecule has 0 atom stereocenters. The summed E-state index contributed by atoms with van der Waals surface area (Å²) in [6.45, 7) is 2.04. The van der Waals surface area contributed by atoms with E-state index in [0.29, 0.717) is 0 Å². The highest BCUT2D eigenvalue weighted by molar-refractivity contribution is 7.98. The lowest BCUT2D eigenvalue weighted by Gasteiger charge is -2.08. The van der Waals surface area contributed by atoms with E-state index in [-0.39, 0.29) is 0 Å². The average molecular weight is 242 g/mol. The minimum absolute atomic E-state index is 0.783. The fourth-order valence-corrected chi connectivity index (χ4v) is 2.78. The molecular formula is C15H14OS. The molecule has 0 unspecified atom stereocenters. The van der Waals surface area contributed by atoms with Gasteiger partial charge in [0, 0.05) is 16.2 Å². The molecule has 1 nitrogen and oxygen atoms in total. The van der Waals surface area contributed by atoms with Crippen LogP contribution < -0.4 is 0 Å². The van der Waals surface area contributed by atoms with Crippen molar-refractivity contribution < 1.29 is 4.79 Å². The molecule has 0 saturated carbocycles. The quantitative estimate of drug-likeness (QED) is 0.593. The van der Waals surface area contributed by atoms with Crippen LogP contribution in [0.4, 0.5) is 0 Å². The zero-order valence-electron chi connectivity index (χ0n) is 9.72. The van der Waals surface area contributed by atoms with E-state index in [0.717, 1.165) is 28.1 Å². The number of carbonyl (C=O) groups is 1. The maximum absolute atomic E-state index is 11.0. The van der Waals surface area contributed by atoms with E-state index in [9.17, 15) is 4.79 Å². The summed E-state index contributed by atoms with van der Waals surface area (Å²) >= 11 is 1.72. The van der Waals surface area contributed by atoms with Gasteiger partial charge in [-0.3, -0.25) is 4.79 Å². The van der Waals surface area contributed by atoms with Gasteiger partial charge in [0.05, 0.1) is 0 Å². The molecule has 0 spiro atoms. The predicted octanol–water partition coefficient (Wildman–Crippen LogP) is 4.10. The van der Waals surface area contributed by atoms with Crippen molar-refractivity contribution in [2.75, 3.05) is 0 Å². The third-order valence-corrected chi connectivity index (χ3v) is 3.92. The van der Waals surface area contributed by atoms with Crippen molar-refractivity contribution in [2.45, 2.75) is 17.6 Å². The molecule has 0 aliphatic heterocycles. The van der Waals surface area contributed by atoms with Crippen LogP contribution in [0.15, 0.2) is 53.4 Å². The van der Waals surface area contributed by atoms with Crippen LogP contribution in [0.1, 0.15) is 21.5 Å². The molecule has 17 heavy (non-hydrogen) atoms. The van der Waals surface area contributed by atoms with Crippen LogP contribution in [0.5, 0.6) is 0 Å². The van der Waals surface area contributed by atoms with Gasteiger partial charge in [0.15, 0.2) is 6.29 Å². The van der Waals surface area contributed by atoms with Gasteiger partial charge in [-0.2, -0.15) is 0 Å². The Morgan fingerprint density at radius 3 is 2.53 bits per heavy atom. The number of rotatable bonds is 4. The Morgan fingerprint density at radius 1 is 1.06 bits per heavy atom. The minimum Gasteiger partial charge on any atom is -0.298 e. The molecule has 2 heteroatoms. The summed E-state index contributed by atoms with van der Waals surface area (Å²) in [6, 6.07) is 16.1. The molecule has 2 rings (SSSR count). The van der Waals surface area contributed by atoms with Crippen molar-refractivity contribution in [2.24, 2.45) is 0 Å². The van der Waals surface area contributed by atoms with Crippen LogP contribution in [-0.4, -0.2) is 6.29 Å². The Balaban J connectivity index is 2.16. The maximum atomic E-state index is 11.0. The van der Waals surface area contributed by atoms with Crippen LogP contribution in [0.3, 0.4) is 0 Å². The number of carbonyl (C=O) groups excluding carboxylic acids is 1. The molecule has 0 saturated heterocycles. The molecule has 0 aliphatic carbocycles. The molecule has 0 N–H and O–H groups in total. The summed E-state index contributed by atoms with van der Waals surface area (Å²) in [5, 5.41) is 0. The van der Waals surface area contributed by atoms with Crippen LogP contribution >= 0.6 is 11.8 Å². The van der Waals surface area contributed by atoms with E-state index >= 15 is 0 Å². The van der Waals surface area contributed by atoms with Gasteiger partial charge in [-0.25, -0.2) is 0 Å². The van der Waals surface area contributed by atoms with Crippen molar-refractivity contribution in [1.29, 1.82) is 0 Å². The van der Waals surface area contributed by atoms with Gasteiger partial charge in [-0.15, -0.1) is 11.8 Å². The lowest BCUT2D eigenvalue weighted by atomic mass is 10.1. The van der Waals surface area contributed by atoms with Gasteiger partial charge >= 0.3 is 0 Å². The predicted molar refractivity (Wildman–Crippen MR) is 72.6 cm³/mol. The molecule has 0 radical (unpaired) electrons. The van der Waals surface area contributed by atoms with Crippen molar-refractivity contribution in [1.82, 2.24) is 0 Å². The fraction of sp³-hybridized carbons (Fsp3) is 0.133. The Bertz CT molecular complexity index is 506. The third-order valence-electron chi connectivity index (χ3n) is 2.60. The second-order valence-electron chi connectivity index (χ2n) is 3.89. The molecule has 0 amide bonds. The highest BCUT2D eigenvalue weighted by atomic mass is 32.2. The van der Waals surface area contributed by atoms with Crippen LogP contribution in [-0.2, 0) is 5.75 Å². The minimum atomic E-state index is 0.783. The Morgan fingerprint density at radius 2 is 1.82 bits per heavy atom. The highest BCUT2D eigenvalue weighted by Gasteiger charge is 2.05. The molecule has 86 valence electrons. The van der Waals surface area contributed by atoms with Crippen LogP contribution in [0.25, 0.3) is 0 Å². The lowest BCUT2D eigenvalue weighted by molar-refractivity contribution is 0.112. The summed E-state index contributed by atoms with van der Waals surface area (Å²) in [5.41, 5.74) is 3.22. The SMILES string of the molecule is Cc1cccc(C=O)c1SCc1ccccc1.